The summed E-state index contributed by atoms with van der Waals surface area (Å²) in [7, 11) is 0. The van der Waals surface area contributed by atoms with Crippen LogP contribution in [0.15, 0.2) is 54.6 Å². The van der Waals surface area contributed by atoms with Gasteiger partial charge in [0.15, 0.2) is 6.10 Å². The Labute approximate surface area is 154 Å². The van der Waals surface area contributed by atoms with Crippen LogP contribution in [0.3, 0.4) is 0 Å². The van der Waals surface area contributed by atoms with Crippen LogP contribution < -0.4 is 10.1 Å². The number of halogens is 1. The Bertz CT molecular complexity index is 854. The van der Waals surface area contributed by atoms with Crippen LogP contribution >= 0.6 is 22.9 Å². The molecule has 2 aromatic carbocycles. The zero-order valence-electron chi connectivity index (χ0n) is 13.5. The lowest BCUT2D eigenvalue weighted by atomic mass is 10.2. The number of rotatable bonds is 6. The Hall–Kier alpha value is -2.44. The minimum absolute atomic E-state index is 0.279. The number of benzene rings is 2. The zero-order chi connectivity index (χ0) is 17.6. The molecule has 1 aromatic heterocycles. The first kappa shape index (κ1) is 17.4. The van der Waals surface area contributed by atoms with Crippen molar-refractivity contribution in [1.29, 1.82) is 0 Å². The van der Waals surface area contributed by atoms with Gasteiger partial charge < -0.3 is 4.74 Å². The van der Waals surface area contributed by atoms with E-state index in [0.717, 1.165) is 10.6 Å². The Morgan fingerprint density at radius 2 is 1.88 bits per heavy atom. The van der Waals surface area contributed by atoms with E-state index in [1.165, 1.54) is 11.3 Å². The highest BCUT2D eigenvalue weighted by atomic mass is 35.5. The Morgan fingerprint density at radius 1 is 1.16 bits per heavy atom. The fraction of sp³-hybridized carbons (Fsp3) is 0.167. The molecule has 0 aliphatic rings. The molecule has 0 aliphatic carbocycles. The van der Waals surface area contributed by atoms with E-state index in [4.69, 9.17) is 16.3 Å². The maximum Gasteiger partial charge on any atom is 0.267 e. The number of hydrogen-bond acceptors (Lipinski definition) is 5. The standard InChI is InChI=1S/C18H16ClN3O2S/c1-2-14(24-15-11-7-6-10-13(15)19)16(23)20-18-22-21-17(25-18)12-8-4-3-5-9-12/h3-11,14H,2H2,1H3,(H,20,22,23)/t14-/m1/s1. The number of aromatic nitrogens is 2. The van der Waals surface area contributed by atoms with E-state index in [1.54, 1.807) is 12.1 Å². The Kier molecular flexibility index (Phi) is 5.63. The number of amides is 1. The molecule has 0 unspecified atom stereocenters. The molecule has 25 heavy (non-hydrogen) atoms. The van der Waals surface area contributed by atoms with Crippen molar-refractivity contribution in [2.45, 2.75) is 19.4 Å². The van der Waals surface area contributed by atoms with Gasteiger partial charge in [0.25, 0.3) is 5.91 Å². The molecule has 7 heteroatoms. The lowest BCUT2D eigenvalue weighted by molar-refractivity contribution is -0.122. The maximum atomic E-state index is 12.5. The van der Waals surface area contributed by atoms with Crippen molar-refractivity contribution in [2.24, 2.45) is 0 Å². The predicted octanol–water partition coefficient (Wildman–Crippen LogP) is 4.65. The molecule has 5 nitrogen and oxygen atoms in total. The lowest BCUT2D eigenvalue weighted by Gasteiger charge is -2.17. The number of para-hydroxylation sites is 1. The number of hydrogen-bond donors (Lipinski definition) is 1. The summed E-state index contributed by atoms with van der Waals surface area (Å²) in [6, 6.07) is 16.8. The normalized spacial score (nSPS) is 11.8. The van der Waals surface area contributed by atoms with Gasteiger partial charge in [-0.25, -0.2) is 0 Å². The fourth-order valence-electron chi connectivity index (χ4n) is 2.17. The number of nitrogens with one attached hydrogen (secondary N) is 1. The molecule has 0 bridgehead atoms. The van der Waals surface area contributed by atoms with Crippen LogP contribution in [0.5, 0.6) is 5.75 Å². The summed E-state index contributed by atoms with van der Waals surface area (Å²) in [6.45, 7) is 1.87. The Morgan fingerprint density at radius 3 is 2.60 bits per heavy atom. The van der Waals surface area contributed by atoms with Crippen molar-refractivity contribution in [3.8, 4) is 16.3 Å². The number of anilines is 1. The van der Waals surface area contributed by atoms with E-state index in [9.17, 15) is 4.79 Å². The molecule has 0 aliphatic heterocycles. The maximum absolute atomic E-state index is 12.5. The third-order valence-corrected chi connectivity index (χ3v) is 4.64. The third-order valence-electron chi connectivity index (χ3n) is 3.44. The summed E-state index contributed by atoms with van der Waals surface area (Å²) in [5.74, 6) is 0.201. The molecule has 1 N–H and O–H groups in total. The molecule has 1 heterocycles. The summed E-state index contributed by atoms with van der Waals surface area (Å²) in [5.41, 5.74) is 0.958. The minimum Gasteiger partial charge on any atom is -0.479 e. The summed E-state index contributed by atoms with van der Waals surface area (Å²) >= 11 is 7.40. The van der Waals surface area contributed by atoms with Crippen LogP contribution in [0.1, 0.15) is 13.3 Å². The number of carbonyl (C=O) groups is 1. The predicted molar refractivity (Wildman–Crippen MR) is 100 cm³/mol. The number of carbonyl (C=O) groups excluding carboxylic acids is 1. The van der Waals surface area contributed by atoms with Crippen LogP contribution in [0, 0.1) is 0 Å². The third kappa shape index (κ3) is 4.35. The van der Waals surface area contributed by atoms with Gasteiger partial charge in [-0.05, 0) is 18.6 Å². The molecule has 0 radical (unpaired) electrons. The molecular weight excluding hydrogens is 358 g/mol. The summed E-state index contributed by atoms with van der Waals surface area (Å²) in [6.07, 6.45) is -0.162. The quantitative estimate of drug-likeness (QED) is 0.682. The Balaban J connectivity index is 1.68. The van der Waals surface area contributed by atoms with E-state index >= 15 is 0 Å². The van der Waals surface area contributed by atoms with E-state index < -0.39 is 6.10 Å². The van der Waals surface area contributed by atoms with Crippen LogP contribution in [-0.4, -0.2) is 22.2 Å². The zero-order valence-corrected chi connectivity index (χ0v) is 15.1. The average molecular weight is 374 g/mol. The van der Waals surface area contributed by atoms with E-state index in [2.05, 4.69) is 15.5 Å². The second kappa shape index (κ2) is 8.09. The van der Waals surface area contributed by atoms with Crippen molar-refractivity contribution in [2.75, 3.05) is 5.32 Å². The highest BCUT2D eigenvalue weighted by Crippen LogP contribution is 2.27. The van der Waals surface area contributed by atoms with Crippen LogP contribution in [0.4, 0.5) is 5.13 Å². The van der Waals surface area contributed by atoms with Gasteiger partial charge in [-0.3, -0.25) is 10.1 Å². The topological polar surface area (TPSA) is 64.1 Å². The first-order valence-electron chi connectivity index (χ1n) is 7.78. The van der Waals surface area contributed by atoms with Crippen LogP contribution in [0.25, 0.3) is 10.6 Å². The van der Waals surface area contributed by atoms with Crippen molar-refractivity contribution >= 4 is 34.0 Å². The highest BCUT2D eigenvalue weighted by molar-refractivity contribution is 7.18. The SMILES string of the molecule is CC[C@@H](Oc1ccccc1Cl)C(=O)Nc1nnc(-c2ccccc2)s1. The van der Waals surface area contributed by atoms with Crippen LogP contribution in [0.2, 0.25) is 5.02 Å². The second-order valence-corrected chi connectivity index (χ2v) is 6.60. The molecule has 1 amide bonds. The molecule has 0 fully saturated rings. The molecule has 0 saturated heterocycles. The molecule has 3 aromatic rings. The van der Waals surface area contributed by atoms with Gasteiger partial charge in [0.05, 0.1) is 5.02 Å². The van der Waals surface area contributed by atoms with E-state index in [0.29, 0.717) is 22.3 Å². The van der Waals surface area contributed by atoms with Gasteiger partial charge in [0, 0.05) is 5.56 Å². The largest absolute Gasteiger partial charge is 0.479 e. The van der Waals surface area contributed by atoms with Crippen LogP contribution in [-0.2, 0) is 4.79 Å². The summed E-state index contributed by atoms with van der Waals surface area (Å²) in [4.78, 5) is 12.5. The number of ether oxygens (including phenoxy) is 1. The minimum atomic E-state index is -0.663. The molecule has 3 rings (SSSR count). The van der Waals surface area contributed by atoms with Gasteiger partial charge in [0.1, 0.15) is 10.8 Å². The molecule has 1 atom stereocenters. The number of nitrogens with zero attached hydrogens (tertiary/aromatic N) is 2. The van der Waals surface area contributed by atoms with Crippen molar-refractivity contribution in [1.82, 2.24) is 10.2 Å². The van der Waals surface area contributed by atoms with Crippen molar-refractivity contribution in [3.63, 3.8) is 0 Å². The van der Waals surface area contributed by atoms with Crippen molar-refractivity contribution in [3.05, 3.63) is 59.6 Å². The summed E-state index contributed by atoms with van der Waals surface area (Å²) < 4.78 is 5.73. The average Bonchev–Trinajstić information content (AvgIpc) is 3.10. The second-order valence-electron chi connectivity index (χ2n) is 5.21. The molecule has 128 valence electrons. The molecule has 0 spiro atoms. The van der Waals surface area contributed by atoms with Gasteiger partial charge in [-0.15, -0.1) is 10.2 Å². The molecule has 0 saturated carbocycles. The van der Waals surface area contributed by atoms with E-state index in [-0.39, 0.29) is 5.91 Å². The van der Waals surface area contributed by atoms with Crippen molar-refractivity contribution < 1.29 is 9.53 Å². The van der Waals surface area contributed by atoms with Gasteiger partial charge >= 0.3 is 0 Å². The first-order chi connectivity index (χ1) is 12.2. The smallest absolute Gasteiger partial charge is 0.267 e. The van der Waals surface area contributed by atoms with E-state index in [1.807, 2.05) is 49.4 Å². The first-order valence-corrected chi connectivity index (χ1v) is 8.97. The monoisotopic (exact) mass is 373 g/mol. The highest BCUT2D eigenvalue weighted by Gasteiger charge is 2.21. The van der Waals surface area contributed by atoms with Gasteiger partial charge in [0.2, 0.25) is 5.13 Å². The summed E-state index contributed by atoms with van der Waals surface area (Å²) in [5, 5.41) is 12.6. The van der Waals surface area contributed by atoms with Gasteiger partial charge in [-0.2, -0.15) is 0 Å². The molecular formula is C18H16ClN3O2S. The lowest BCUT2D eigenvalue weighted by Crippen LogP contribution is -2.32. The fourth-order valence-corrected chi connectivity index (χ4v) is 3.11. The van der Waals surface area contributed by atoms with Gasteiger partial charge in [-0.1, -0.05) is 72.3 Å².